The van der Waals surface area contributed by atoms with Crippen LogP contribution in [-0.4, -0.2) is 4.98 Å². The highest BCUT2D eigenvalue weighted by Crippen LogP contribution is 2.42. The number of nitrogens with zero attached hydrogens (tertiary/aromatic N) is 2. The highest BCUT2D eigenvalue weighted by molar-refractivity contribution is 6.17. The summed E-state index contributed by atoms with van der Waals surface area (Å²) in [5.41, 5.74) is 14.2. The van der Waals surface area contributed by atoms with Gasteiger partial charge in [0.25, 0.3) is 0 Å². The maximum Gasteiger partial charge on any atom is 0.227 e. The van der Waals surface area contributed by atoms with Crippen LogP contribution in [0.3, 0.4) is 0 Å². The Hall–Kier alpha value is -8.21. The van der Waals surface area contributed by atoms with Gasteiger partial charge in [0, 0.05) is 28.0 Å². The molecule has 0 saturated carbocycles. The lowest BCUT2D eigenvalue weighted by atomic mass is 9.93. The summed E-state index contributed by atoms with van der Waals surface area (Å²) >= 11 is 0. The van der Waals surface area contributed by atoms with Crippen LogP contribution >= 0.6 is 0 Å². The number of oxazole rings is 1. The molecule has 0 bridgehead atoms. The average molecular weight is 781 g/mol. The van der Waals surface area contributed by atoms with E-state index in [2.05, 4.69) is 181 Å². The number of benzene rings is 10. The minimum atomic E-state index is 0.601. The van der Waals surface area contributed by atoms with E-state index >= 15 is 0 Å². The minimum absolute atomic E-state index is 0.601. The summed E-state index contributed by atoms with van der Waals surface area (Å²) in [6.45, 7) is 0. The first-order valence-corrected chi connectivity index (χ1v) is 20.6. The molecule has 0 N–H and O–H groups in total. The van der Waals surface area contributed by atoms with Gasteiger partial charge in [-0.2, -0.15) is 0 Å². The summed E-state index contributed by atoms with van der Waals surface area (Å²) in [5, 5.41) is 7.01. The number of aromatic nitrogens is 1. The Balaban J connectivity index is 0.927. The summed E-state index contributed by atoms with van der Waals surface area (Å²) in [4.78, 5) is 7.27. The lowest BCUT2D eigenvalue weighted by Crippen LogP contribution is -2.10. The van der Waals surface area contributed by atoms with Gasteiger partial charge in [-0.25, -0.2) is 4.98 Å². The van der Waals surface area contributed by atoms with E-state index in [-0.39, 0.29) is 0 Å². The van der Waals surface area contributed by atoms with Crippen molar-refractivity contribution in [3.63, 3.8) is 0 Å². The van der Waals surface area contributed by atoms with Crippen molar-refractivity contribution in [1.29, 1.82) is 0 Å². The van der Waals surface area contributed by atoms with Crippen LogP contribution in [0.1, 0.15) is 0 Å². The highest BCUT2D eigenvalue weighted by atomic mass is 16.4. The summed E-state index contributed by atoms with van der Waals surface area (Å²) in [6, 6.07) is 77.2. The van der Waals surface area contributed by atoms with E-state index in [1.54, 1.807) is 0 Å². The van der Waals surface area contributed by atoms with Gasteiger partial charge in [0.2, 0.25) is 5.89 Å². The molecule has 0 spiro atoms. The molecule has 2 aromatic heterocycles. The Morgan fingerprint density at radius 3 is 1.69 bits per heavy atom. The molecule has 61 heavy (non-hydrogen) atoms. The summed E-state index contributed by atoms with van der Waals surface area (Å²) in [6.07, 6.45) is 0. The Labute approximate surface area is 352 Å². The standard InChI is InChI=1S/C57H36N2O2/c1-3-12-37(13-4-1)41-17-11-18-46(34-41)59(45-29-24-39(25-30-45)51-35-43-16-7-8-19-47(43)48-20-9-10-21-49(48)51)44-27-22-38(23-28-44)42-26-31-50-54(36-42)60-52-32-33-53-56(55(50)52)58-57(61-53)40-14-5-2-6-15-40/h1-36H. The highest BCUT2D eigenvalue weighted by Gasteiger charge is 2.19. The van der Waals surface area contributed by atoms with E-state index in [1.807, 2.05) is 42.5 Å². The number of anilines is 3. The van der Waals surface area contributed by atoms with E-state index in [9.17, 15) is 0 Å². The van der Waals surface area contributed by atoms with Crippen LogP contribution in [0.2, 0.25) is 0 Å². The molecule has 0 fully saturated rings. The van der Waals surface area contributed by atoms with Crippen LogP contribution in [0, 0.1) is 0 Å². The first-order valence-electron chi connectivity index (χ1n) is 20.6. The second kappa shape index (κ2) is 14.3. The summed E-state index contributed by atoms with van der Waals surface area (Å²) in [5.74, 6) is 0.601. The number of fused-ring (bicyclic) bond motifs is 8. The van der Waals surface area contributed by atoms with Crippen molar-refractivity contribution in [3.05, 3.63) is 218 Å². The topological polar surface area (TPSA) is 42.4 Å². The molecule has 0 unspecified atom stereocenters. The second-order valence-electron chi connectivity index (χ2n) is 15.5. The summed E-state index contributed by atoms with van der Waals surface area (Å²) < 4.78 is 12.7. The average Bonchev–Trinajstić information content (AvgIpc) is 3.94. The molecular formula is C57H36N2O2. The number of rotatable bonds is 7. The lowest BCUT2D eigenvalue weighted by molar-refractivity contribution is 0.619. The Morgan fingerprint density at radius 2 is 0.918 bits per heavy atom. The molecule has 0 aliphatic heterocycles. The molecule has 0 aliphatic rings. The molecule has 12 aromatic rings. The molecule has 4 nitrogen and oxygen atoms in total. The smallest absolute Gasteiger partial charge is 0.227 e. The van der Waals surface area contributed by atoms with Crippen molar-refractivity contribution in [2.45, 2.75) is 0 Å². The zero-order valence-corrected chi connectivity index (χ0v) is 33.0. The normalized spacial score (nSPS) is 11.6. The number of hydrogen-bond donors (Lipinski definition) is 0. The third kappa shape index (κ3) is 6.04. The monoisotopic (exact) mass is 780 g/mol. The maximum atomic E-state index is 6.46. The van der Waals surface area contributed by atoms with E-state index < -0.39 is 0 Å². The fraction of sp³-hybridized carbons (Fsp3) is 0. The molecular weight excluding hydrogens is 745 g/mol. The quantitative estimate of drug-likeness (QED) is 0.151. The number of furan rings is 1. The van der Waals surface area contributed by atoms with Crippen molar-refractivity contribution < 1.29 is 8.83 Å². The summed E-state index contributed by atoms with van der Waals surface area (Å²) in [7, 11) is 0. The van der Waals surface area contributed by atoms with Crippen LogP contribution in [-0.2, 0) is 0 Å². The Bertz CT molecular complexity index is 3570. The molecule has 12 rings (SSSR count). The molecule has 0 radical (unpaired) electrons. The van der Waals surface area contributed by atoms with Gasteiger partial charge in [-0.1, -0.05) is 140 Å². The second-order valence-corrected chi connectivity index (χ2v) is 15.5. The van der Waals surface area contributed by atoms with Crippen molar-refractivity contribution >= 4 is 71.6 Å². The van der Waals surface area contributed by atoms with Crippen molar-refractivity contribution in [3.8, 4) is 44.8 Å². The molecule has 0 saturated heterocycles. The van der Waals surface area contributed by atoms with Gasteiger partial charge in [0.1, 0.15) is 16.7 Å². The molecule has 4 heteroatoms. The molecule has 0 aliphatic carbocycles. The predicted octanol–water partition coefficient (Wildman–Crippen LogP) is 16.2. The van der Waals surface area contributed by atoms with Crippen molar-refractivity contribution in [2.75, 3.05) is 4.90 Å². The third-order valence-corrected chi connectivity index (χ3v) is 11.9. The Kier molecular flexibility index (Phi) is 8.13. The lowest BCUT2D eigenvalue weighted by Gasteiger charge is -2.26. The van der Waals surface area contributed by atoms with Crippen LogP contribution in [0.5, 0.6) is 0 Å². The van der Waals surface area contributed by atoms with Gasteiger partial charge in [-0.3, -0.25) is 0 Å². The fourth-order valence-electron chi connectivity index (χ4n) is 8.92. The van der Waals surface area contributed by atoms with Crippen LogP contribution in [0.15, 0.2) is 227 Å². The zero-order chi connectivity index (χ0) is 40.3. The van der Waals surface area contributed by atoms with Gasteiger partial charge in [0.15, 0.2) is 5.58 Å². The van der Waals surface area contributed by atoms with Crippen molar-refractivity contribution in [2.24, 2.45) is 0 Å². The van der Waals surface area contributed by atoms with Gasteiger partial charge in [0.05, 0.1) is 5.39 Å². The van der Waals surface area contributed by atoms with Crippen molar-refractivity contribution in [1.82, 2.24) is 4.98 Å². The minimum Gasteiger partial charge on any atom is -0.456 e. The van der Waals surface area contributed by atoms with Gasteiger partial charge in [-0.05, 0) is 134 Å². The SMILES string of the molecule is c1ccc(-c2cccc(N(c3ccc(-c4ccc5c(c4)oc4ccc6oc(-c7ccccc7)nc6c45)cc3)c3ccc(-c4cc5ccccc5c5ccccc45)cc3)c2)cc1. The fourth-order valence-corrected chi connectivity index (χ4v) is 8.92. The van der Waals surface area contributed by atoms with E-state index in [0.29, 0.717) is 5.89 Å². The van der Waals surface area contributed by atoms with E-state index in [1.165, 1.54) is 38.2 Å². The van der Waals surface area contributed by atoms with Crippen LogP contribution in [0.25, 0.3) is 99.4 Å². The third-order valence-electron chi connectivity index (χ3n) is 11.9. The van der Waals surface area contributed by atoms with Gasteiger partial charge >= 0.3 is 0 Å². The molecule has 0 amide bonds. The molecule has 286 valence electrons. The molecule has 10 aromatic carbocycles. The van der Waals surface area contributed by atoms with E-state index in [4.69, 9.17) is 13.8 Å². The van der Waals surface area contributed by atoms with Crippen LogP contribution < -0.4 is 4.90 Å². The first kappa shape index (κ1) is 34.8. The van der Waals surface area contributed by atoms with Gasteiger partial charge < -0.3 is 13.7 Å². The largest absolute Gasteiger partial charge is 0.456 e. The predicted molar refractivity (Wildman–Crippen MR) is 253 cm³/mol. The van der Waals surface area contributed by atoms with Crippen LogP contribution in [0.4, 0.5) is 17.1 Å². The molecule has 2 heterocycles. The maximum absolute atomic E-state index is 6.46. The Morgan fingerprint density at radius 1 is 0.328 bits per heavy atom. The van der Waals surface area contributed by atoms with E-state index in [0.717, 1.165) is 72.4 Å². The number of hydrogen-bond acceptors (Lipinski definition) is 4. The van der Waals surface area contributed by atoms with Gasteiger partial charge in [-0.15, -0.1) is 0 Å². The molecule has 0 atom stereocenters. The zero-order valence-electron chi connectivity index (χ0n) is 33.0. The first-order chi connectivity index (χ1) is 30.2.